The minimum atomic E-state index is -3.79. The van der Waals surface area contributed by atoms with Crippen LogP contribution in [0.15, 0.2) is 23.1 Å². The fourth-order valence-electron chi connectivity index (χ4n) is 2.32. The molecule has 0 radical (unpaired) electrons. The summed E-state index contributed by atoms with van der Waals surface area (Å²) in [5.74, 6) is -0.121. The first-order valence-corrected chi connectivity index (χ1v) is 7.87. The molecule has 0 unspecified atom stereocenters. The number of carbonyl (C=O) groups excluding carboxylic acids is 1. The maximum Gasteiger partial charge on any atom is 0.253 e. The zero-order chi connectivity index (χ0) is 14.0. The van der Waals surface area contributed by atoms with Gasteiger partial charge < -0.3 is 4.90 Å². The standard InChI is InChI=1S/C13H18N2O3S/c1-10-5-6-11(9-12(10)19(14,17)18)13(16)15-7-3-2-4-8-15/h5-6,9H,2-4,7-8H2,1H3,(H2,14,17,18). The van der Waals surface area contributed by atoms with Gasteiger partial charge in [0.25, 0.3) is 5.91 Å². The summed E-state index contributed by atoms with van der Waals surface area (Å²) in [6.07, 6.45) is 3.14. The van der Waals surface area contributed by atoms with Crippen molar-refractivity contribution in [2.45, 2.75) is 31.1 Å². The summed E-state index contributed by atoms with van der Waals surface area (Å²) in [4.78, 5) is 14.1. The number of sulfonamides is 1. The molecule has 1 heterocycles. The Balaban J connectivity index is 2.33. The normalized spacial score (nSPS) is 16.4. The Morgan fingerprint density at radius 2 is 1.84 bits per heavy atom. The molecule has 1 aliphatic rings. The van der Waals surface area contributed by atoms with Gasteiger partial charge in [-0.3, -0.25) is 4.79 Å². The first-order valence-electron chi connectivity index (χ1n) is 6.32. The fraction of sp³-hybridized carbons (Fsp3) is 0.462. The molecule has 2 rings (SSSR count). The molecule has 2 N–H and O–H groups in total. The summed E-state index contributed by atoms with van der Waals surface area (Å²) in [5.41, 5.74) is 0.939. The van der Waals surface area contributed by atoms with E-state index < -0.39 is 10.0 Å². The van der Waals surface area contributed by atoms with Crippen LogP contribution >= 0.6 is 0 Å². The predicted molar refractivity (Wildman–Crippen MR) is 72.3 cm³/mol. The number of nitrogens with two attached hydrogens (primary N) is 1. The van der Waals surface area contributed by atoms with Crippen molar-refractivity contribution in [2.75, 3.05) is 13.1 Å². The smallest absolute Gasteiger partial charge is 0.253 e. The monoisotopic (exact) mass is 282 g/mol. The Bertz CT molecular complexity index is 590. The lowest BCUT2D eigenvalue weighted by Crippen LogP contribution is -2.35. The molecule has 0 aliphatic carbocycles. The van der Waals surface area contributed by atoms with Gasteiger partial charge in [-0.2, -0.15) is 0 Å². The molecule has 1 saturated heterocycles. The third kappa shape index (κ3) is 3.13. The summed E-state index contributed by atoms with van der Waals surface area (Å²) in [6, 6.07) is 4.65. The van der Waals surface area contributed by atoms with Crippen molar-refractivity contribution in [3.05, 3.63) is 29.3 Å². The molecule has 0 saturated carbocycles. The van der Waals surface area contributed by atoms with Crippen LogP contribution in [0.25, 0.3) is 0 Å². The molecular formula is C13H18N2O3S. The minimum Gasteiger partial charge on any atom is -0.339 e. The summed E-state index contributed by atoms with van der Waals surface area (Å²) in [7, 11) is -3.79. The average molecular weight is 282 g/mol. The number of nitrogens with zero attached hydrogens (tertiary/aromatic N) is 1. The maximum atomic E-state index is 12.3. The van der Waals surface area contributed by atoms with Gasteiger partial charge in [-0.1, -0.05) is 6.07 Å². The van der Waals surface area contributed by atoms with E-state index >= 15 is 0 Å². The van der Waals surface area contributed by atoms with Crippen molar-refractivity contribution in [1.82, 2.24) is 4.90 Å². The van der Waals surface area contributed by atoms with Gasteiger partial charge in [0, 0.05) is 18.7 Å². The van der Waals surface area contributed by atoms with Crippen LogP contribution in [0.5, 0.6) is 0 Å². The number of piperidine rings is 1. The zero-order valence-corrected chi connectivity index (χ0v) is 11.7. The predicted octanol–water partition coefficient (Wildman–Crippen LogP) is 1.27. The van der Waals surface area contributed by atoms with E-state index in [1.807, 2.05) is 0 Å². The summed E-state index contributed by atoms with van der Waals surface area (Å²) in [5, 5.41) is 5.15. The van der Waals surface area contributed by atoms with Gasteiger partial charge in [0.1, 0.15) is 0 Å². The minimum absolute atomic E-state index is 0.0235. The molecule has 1 aromatic rings. The van der Waals surface area contributed by atoms with Crippen LogP contribution in [-0.2, 0) is 10.0 Å². The Labute approximate surface area is 113 Å². The number of hydrogen-bond donors (Lipinski definition) is 1. The molecule has 0 bridgehead atoms. The van der Waals surface area contributed by atoms with E-state index in [1.165, 1.54) is 6.07 Å². The van der Waals surface area contributed by atoms with Gasteiger partial charge in [0.2, 0.25) is 10.0 Å². The number of aryl methyl sites for hydroxylation is 1. The Kier molecular flexibility index (Phi) is 3.91. The zero-order valence-electron chi connectivity index (χ0n) is 10.9. The lowest BCUT2D eigenvalue weighted by molar-refractivity contribution is 0.0724. The molecule has 0 aromatic heterocycles. The topological polar surface area (TPSA) is 80.5 Å². The first-order chi connectivity index (χ1) is 8.89. The second-order valence-corrected chi connectivity index (χ2v) is 6.41. The second-order valence-electron chi connectivity index (χ2n) is 4.88. The van der Waals surface area contributed by atoms with Crippen LogP contribution in [0.1, 0.15) is 35.2 Å². The van der Waals surface area contributed by atoms with E-state index in [4.69, 9.17) is 5.14 Å². The van der Waals surface area contributed by atoms with Gasteiger partial charge in [0.15, 0.2) is 0 Å². The largest absolute Gasteiger partial charge is 0.339 e. The van der Waals surface area contributed by atoms with Crippen LogP contribution in [0, 0.1) is 6.92 Å². The summed E-state index contributed by atoms with van der Waals surface area (Å²) < 4.78 is 22.9. The Morgan fingerprint density at radius 3 is 2.42 bits per heavy atom. The quantitative estimate of drug-likeness (QED) is 0.887. The van der Waals surface area contributed by atoms with Crippen molar-refractivity contribution in [3.63, 3.8) is 0 Å². The lowest BCUT2D eigenvalue weighted by Gasteiger charge is -2.26. The molecule has 1 amide bonds. The number of likely N-dealkylation sites (tertiary alicyclic amines) is 1. The fourth-order valence-corrected chi connectivity index (χ4v) is 3.13. The van der Waals surface area contributed by atoms with Crippen molar-refractivity contribution in [2.24, 2.45) is 5.14 Å². The number of primary sulfonamides is 1. The number of amides is 1. The van der Waals surface area contributed by atoms with Crippen LogP contribution in [0.4, 0.5) is 0 Å². The van der Waals surface area contributed by atoms with Crippen molar-refractivity contribution >= 4 is 15.9 Å². The van der Waals surface area contributed by atoms with Gasteiger partial charge in [-0.25, -0.2) is 13.6 Å². The van der Waals surface area contributed by atoms with Gasteiger partial charge in [0.05, 0.1) is 4.90 Å². The second kappa shape index (κ2) is 5.30. The van der Waals surface area contributed by atoms with E-state index in [0.717, 1.165) is 32.4 Å². The molecular weight excluding hydrogens is 264 g/mol. The lowest BCUT2D eigenvalue weighted by atomic mass is 10.1. The van der Waals surface area contributed by atoms with Gasteiger partial charge in [-0.15, -0.1) is 0 Å². The Morgan fingerprint density at radius 1 is 1.21 bits per heavy atom. The first kappa shape index (κ1) is 14.0. The van der Waals surface area contributed by atoms with Gasteiger partial charge in [-0.05, 0) is 43.9 Å². The number of benzene rings is 1. The SMILES string of the molecule is Cc1ccc(C(=O)N2CCCCC2)cc1S(N)(=O)=O. The van der Waals surface area contributed by atoms with Crippen molar-refractivity contribution in [1.29, 1.82) is 0 Å². The maximum absolute atomic E-state index is 12.3. The number of carbonyl (C=O) groups is 1. The van der Waals surface area contributed by atoms with E-state index in [-0.39, 0.29) is 10.8 Å². The average Bonchev–Trinajstić information content (AvgIpc) is 2.38. The highest BCUT2D eigenvalue weighted by molar-refractivity contribution is 7.89. The van der Waals surface area contributed by atoms with Gasteiger partial charge >= 0.3 is 0 Å². The third-order valence-corrected chi connectivity index (χ3v) is 4.44. The van der Waals surface area contributed by atoms with E-state index in [9.17, 15) is 13.2 Å². The molecule has 6 heteroatoms. The van der Waals surface area contributed by atoms with Crippen LogP contribution in [0.2, 0.25) is 0 Å². The number of rotatable bonds is 2. The molecule has 1 aliphatic heterocycles. The molecule has 104 valence electrons. The molecule has 19 heavy (non-hydrogen) atoms. The third-order valence-electron chi connectivity index (χ3n) is 3.38. The highest BCUT2D eigenvalue weighted by Gasteiger charge is 2.20. The van der Waals surface area contributed by atoms with Crippen LogP contribution in [0.3, 0.4) is 0 Å². The summed E-state index contributed by atoms with van der Waals surface area (Å²) in [6.45, 7) is 3.13. The van der Waals surface area contributed by atoms with E-state index in [1.54, 1.807) is 24.0 Å². The van der Waals surface area contributed by atoms with Crippen LogP contribution in [-0.4, -0.2) is 32.3 Å². The molecule has 1 aromatic carbocycles. The van der Waals surface area contributed by atoms with E-state index in [2.05, 4.69) is 0 Å². The molecule has 5 nitrogen and oxygen atoms in total. The molecule has 0 spiro atoms. The molecule has 0 atom stereocenters. The highest BCUT2D eigenvalue weighted by Crippen LogP contribution is 2.18. The van der Waals surface area contributed by atoms with E-state index in [0.29, 0.717) is 11.1 Å². The highest BCUT2D eigenvalue weighted by atomic mass is 32.2. The van der Waals surface area contributed by atoms with Crippen molar-refractivity contribution < 1.29 is 13.2 Å². The van der Waals surface area contributed by atoms with Crippen LogP contribution < -0.4 is 5.14 Å². The number of hydrogen-bond acceptors (Lipinski definition) is 3. The Hall–Kier alpha value is -1.40. The van der Waals surface area contributed by atoms with Crippen molar-refractivity contribution in [3.8, 4) is 0 Å². The summed E-state index contributed by atoms with van der Waals surface area (Å²) >= 11 is 0. The molecule has 1 fully saturated rings.